The SMILES string of the molecule is CC1(c2nn3c(C4CCOCC4)nnc3s2)CCCCN1. The first-order chi connectivity index (χ1) is 10.3. The van der Waals surface area contributed by atoms with Crippen molar-refractivity contribution in [2.45, 2.75) is 50.5 Å². The summed E-state index contributed by atoms with van der Waals surface area (Å²) in [6.07, 6.45) is 5.69. The Bertz CT molecular complexity index is 624. The van der Waals surface area contributed by atoms with Crippen molar-refractivity contribution in [3.05, 3.63) is 10.8 Å². The number of nitrogens with one attached hydrogen (secondary N) is 1. The average Bonchev–Trinajstić information content (AvgIpc) is 3.09. The summed E-state index contributed by atoms with van der Waals surface area (Å²) in [6, 6.07) is 0. The van der Waals surface area contributed by atoms with Crippen LogP contribution in [0.25, 0.3) is 4.96 Å². The molecule has 1 N–H and O–H groups in total. The third kappa shape index (κ3) is 2.37. The first-order valence-electron chi connectivity index (χ1n) is 7.82. The third-order valence-electron chi connectivity index (χ3n) is 4.69. The van der Waals surface area contributed by atoms with Gasteiger partial charge in [0.05, 0.1) is 5.54 Å². The fourth-order valence-corrected chi connectivity index (χ4v) is 4.30. The zero-order valence-electron chi connectivity index (χ0n) is 12.3. The van der Waals surface area contributed by atoms with Gasteiger partial charge in [0.15, 0.2) is 5.82 Å². The zero-order chi connectivity index (χ0) is 14.3. The molecule has 0 aliphatic carbocycles. The maximum absolute atomic E-state index is 5.44. The van der Waals surface area contributed by atoms with Gasteiger partial charge in [0.1, 0.15) is 5.01 Å². The maximum atomic E-state index is 5.44. The number of aromatic nitrogens is 4. The van der Waals surface area contributed by atoms with E-state index in [4.69, 9.17) is 9.84 Å². The van der Waals surface area contributed by atoms with Crippen molar-refractivity contribution < 1.29 is 4.74 Å². The fourth-order valence-electron chi connectivity index (χ4n) is 3.30. The van der Waals surface area contributed by atoms with Crippen LogP contribution >= 0.6 is 11.3 Å². The molecule has 2 fully saturated rings. The van der Waals surface area contributed by atoms with Crippen LogP contribution in [0, 0.1) is 0 Å². The van der Waals surface area contributed by atoms with Crippen LogP contribution < -0.4 is 5.32 Å². The van der Waals surface area contributed by atoms with E-state index in [9.17, 15) is 0 Å². The number of hydrogen-bond acceptors (Lipinski definition) is 6. The highest BCUT2D eigenvalue weighted by Crippen LogP contribution is 2.34. The summed E-state index contributed by atoms with van der Waals surface area (Å²) in [5.74, 6) is 1.44. The highest BCUT2D eigenvalue weighted by atomic mass is 32.1. The molecular weight excluding hydrogens is 286 g/mol. The van der Waals surface area contributed by atoms with Crippen molar-refractivity contribution in [1.82, 2.24) is 25.1 Å². The van der Waals surface area contributed by atoms with Crippen molar-refractivity contribution in [3.8, 4) is 0 Å². The van der Waals surface area contributed by atoms with Crippen LogP contribution in [0.1, 0.15) is 55.8 Å². The second kappa shape index (κ2) is 5.30. The van der Waals surface area contributed by atoms with Gasteiger partial charge in [-0.3, -0.25) is 0 Å². The molecular formula is C14H21N5OS. The molecule has 1 atom stereocenters. The number of ether oxygens (including phenoxy) is 1. The van der Waals surface area contributed by atoms with Gasteiger partial charge >= 0.3 is 0 Å². The molecule has 0 radical (unpaired) electrons. The lowest BCUT2D eigenvalue weighted by Crippen LogP contribution is -2.43. The van der Waals surface area contributed by atoms with Crippen LogP contribution in [0.15, 0.2) is 0 Å². The Morgan fingerprint density at radius 2 is 2.14 bits per heavy atom. The topological polar surface area (TPSA) is 64.3 Å². The highest BCUT2D eigenvalue weighted by molar-refractivity contribution is 7.16. The van der Waals surface area contributed by atoms with Gasteiger partial charge in [-0.05, 0) is 45.6 Å². The predicted octanol–water partition coefficient (Wildman–Crippen LogP) is 2.07. The molecule has 7 heteroatoms. The third-order valence-corrected chi connectivity index (χ3v) is 5.85. The van der Waals surface area contributed by atoms with E-state index in [2.05, 4.69) is 22.4 Å². The molecule has 4 rings (SSSR count). The van der Waals surface area contributed by atoms with Crippen molar-refractivity contribution in [2.24, 2.45) is 0 Å². The maximum Gasteiger partial charge on any atom is 0.234 e. The number of fused-ring (bicyclic) bond motifs is 1. The van der Waals surface area contributed by atoms with E-state index in [1.54, 1.807) is 11.3 Å². The summed E-state index contributed by atoms with van der Waals surface area (Å²) in [5.41, 5.74) is -0.00341. The minimum Gasteiger partial charge on any atom is -0.381 e. The van der Waals surface area contributed by atoms with E-state index in [1.807, 2.05) is 4.52 Å². The summed E-state index contributed by atoms with van der Waals surface area (Å²) in [6.45, 7) is 4.96. The molecule has 21 heavy (non-hydrogen) atoms. The largest absolute Gasteiger partial charge is 0.381 e. The Hall–Kier alpha value is -1.05. The van der Waals surface area contributed by atoms with E-state index in [1.165, 1.54) is 12.8 Å². The molecule has 0 saturated carbocycles. The van der Waals surface area contributed by atoms with E-state index < -0.39 is 0 Å². The van der Waals surface area contributed by atoms with Gasteiger partial charge in [-0.1, -0.05) is 11.3 Å². The fraction of sp³-hybridized carbons (Fsp3) is 0.786. The Morgan fingerprint density at radius 3 is 2.90 bits per heavy atom. The van der Waals surface area contributed by atoms with Gasteiger partial charge in [0.25, 0.3) is 0 Å². The average molecular weight is 307 g/mol. The molecule has 0 bridgehead atoms. The van der Waals surface area contributed by atoms with Crippen LogP contribution in [0.5, 0.6) is 0 Å². The predicted molar refractivity (Wildman–Crippen MR) is 80.7 cm³/mol. The van der Waals surface area contributed by atoms with E-state index in [-0.39, 0.29) is 5.54 Å². The smallest absolute Gasteiger partial charge is 0.234 e. The molecule has 2 aliphatic heterocycles. The van der Waals surface area contributed by atoms with Crippen LogP contribution in [0.4, 0.5) is 0 Å². The molecule has 1 unspecified atom stereocenters. The van der Waals surface area contributed by atoms with Gasteiger partial charge in [-0.25, -0.2) is 0 Å². The van der Waals surface area contributed by atoms with Gasteiger partial charge in [-0.15, -0.1) is 10.2 Å². The molecule has 114 valence electrons. The quantitative estimate of drug-likeness (QED) is 0.920. The summed E-state index contributed by atoms with van der Waals surface area (Å²) in [4.78, 5) is 0.917. The second-order valence-corrected chi connectivity index (χ2v) is 7.22. The zero-order valence-corrected chi connectivity index (χ0v) is 13.2. The van der Waals surface area contributed by atoms with Gasteiger partial charge in [0, 0.05) is 19.1 Å². The normalized spacial score (nSPS) is 28.2. The summed E-state index contributed by atoms with van der Waals surface area (Å²) >= 11 is 1.67. The van der Waals surface area contributed by atoms with Crippen LogP contribution in [-0.4, -0.2) is 39.6 Å². The first kappa shape index (κ1) is 13.6. The first-order valence-corrected chi connectivity index (χ1v) is 8.63. The minimum absolute atomic E-state index is 0.00341. The van der Waals surface area contributed by atoms with E-state index in [0.29, 0.717) is 5.92 Å². The summed E-state index contributed by atoms with van der Waals surface area (Å²) in [7, 11) is 0. The Morgan fingerprint density at radius 1 is 1.29 bits per heavy atom. The van der Waals surface area contributed by atoms with Gasteiger partial charge in [-0.2, -0.15) is 9.61 Å². The van der Waals surface area contributed by atoms with Crippen molar-refractivity contribution in [1.29, 1.82) is 0 Å². The standard InChI is InChI=1S/C14H21N5OS/c1-14(6-2-3-7-15-14)12-18-19-11(16-17-13(19)21-12)10-4-8-20-9-5-10/h10,15H,2-9H2,1H3. The molecule has 6 nitrogen and oxygen atoms in total. The number of nitrogens with zero attached hydrogens (tertiary/aromatic N) is 4. The monoisotopic (exact) mass is 307 g/mol. The lowest BCUT2D eigenvalue weighted by Gasteiger charge is -2.32. The number of piperidine rings is 1. The molecule has 2 aromatic heterocycles. The van der Waals surface area contributed by atoms with Crippen molar-refractivity contribution in [3.63, 3.8) is 0 Å². The van der Waals surface area contributed by atoms with E-state index >= 15 is 0 Å². The molecule has 2 aromatic rings. The molecule has 0 spiro atoms. The van der Waals surface area contributed by atoms with E-state index in [0.717, 1.165) is 54.8 Å². The Kier molecular flexibility index (Phi) is 3.43. The summed E-state index contributed by atoms with van der Waals surface area (Å²) < 4.78 is 7.41. The molecule has 0 amide bonds. The summed E-state index contributed by atoms with van der Waals surface area (Å²) in [5, 5.41) is 18.3. The van der Waals surface area contributed by atoms with Crippen LogP contribution in [0.3, 0.4) is 0 Å². The highest BCUT2D eigenvalue weighted by Gasteiger charge is 2.33. The molecule has 2 aliphatic rings. The van der Waals surface area contributed by atoms with Crippen molar-refractivity contribution in [2.75, 3.05) is 19.8 Å². The lowest BCUT2D eigenvalue weighted by atomic mass is 9.92. The van der Waals surface area contributed by atoms with Gasteiger partial charge in [0.2, 0.25) is 4.96 Å². The second-order valence-electron chi connectivity index (χ2n) is 6.26. The van der Waals surface area contributed by atoms with Gasteiger partial charge < -0.3 is 10.1 Å². The molecule has 2 saturated heterocycles. The Balaban J connectivity index is 1.68. The molecule has 0 aromatic carbocycles. The van der Waals surface area contributed by atoms with Crippen LogP contribution in [-0.2, 0) is 10.3 Å². The van der Waals surface area contributed by atoms with Crippen molar-refractivity contribution >= 4 is 16.3 Å². The Labute approximate surface area is 127 Å². The minimum atomic E-state index is -0.00341. The lowest BCUT2D eigenvalue weighted by molar-refractivity contribution is 0.0831. The molecule has 4 heterocycles. The number of hydrogen-bond donors (Lipinski definition) is 1. The number of rotatable bonds is 2. The van der Waals surface area contributed by atoms with Crippen LogP contribution in [0.2, 0.25) is 0 Å².